The fourth-order valence-corrected chi connectivity index (χ4v) is 1.81. The van der Waals surface area contributed by atoms with E-state index in [4.69, 9.17) is 10.5 Å². The van der Waals surface area contributed by atoms with Crippen LogP contribution in [0.1, 0.15) is 40.5 Å². The van der Waals surface area contributed by atoms with Crippen LogP contribution in [-0.4, -0.2) is 29.7 Å². The molecule has 0 aromatic carbocycles. The fraction of sp³-hybridized carbons (Fsp3) is 0.909. The second-order valence-electron chi connectivity index (χ2n) is 5.46. The van der Waals surface area contributed by atoms with Gasteiger partial charge in [-0.1, -0.05) is 0 Å². The molecule has 1 aliphatic rings. The summed E-state index contributed by atoms with van der Waals surface area (Å²) < 4.78 is 5.27. The minimum Gasteiger partial charge on any atom is -0.459 e. The number of hydrogen-bond donors (Lipinski definition) is 2. The predicted molar refractivity (Wildman–Crippen MR) is 59.5 cm³/mol. The number of ether oxygens (including phenoxy) is 1. The van der Waals surface area contributed by atoms with Crippen LogP contribution in [0.4, 0.5) is 0 Å². The van der Waals surface area contributed by atoms with E-state index < -0.39 is 11.6 Å². The highest BCUT2D eigenvalue weighted by molar-refractivity contribution is 5.77. The molecule has 0 saturated carbocycles. The molecule has 15 heavy (non-hydrogen) atoms. The Bertz CT molecular complexity index is 239. The van der Waals surface area contributed by atoms with Gasteiger partial charge in [0, 0.05) is 5.54 Å². The number of nitrogens with one attached hydrogen (secondary N) is 1. The minimum atomic E-state index is -0.584. The highest BCUT2D eigenvalue weighted by Crippen LogP contribution is 2.23. The van der Waals surface area contributed by atoms with Crippen molar-refractivity contribution in [3.05, 3.63) is 0 Å². The van der Waals surface area contributed by atoms with E-state index >= 15 is 0 Å². The molecule has 3 N–H and O–H groups in total. The third kappa shape index (κ3) is 3.18. The first-order valence-electron chi connectivity index (χ1n) is 5.48. The first kappa shape index (κ1) is 12.5. The Kier molecular flexibility index (Phi) is 3.41. The maximum atomic E-state index is 11.8. The number of carbonyl (C=O) groups is 1. The molecule has 1 rings (SSSR count). The normalized spacial score (nSPS) is 28.9. The quantitative estimate of drug-likeness (QED) is 0.667. The van der Waals surface area contributed by atoms with E-state index in [0.717, 1.165) is 19.4 Å². The Hall–Kier alpha value is -0.610. The lowest BCUT2D eigenvalue weighted by Gasteiger charge is -2.32. The molecule has 88 valence electrons. The summed E-state index contributed by atoms with van der Waals surface area (Å²) in [7, 11) is 0. The van der Waals surface area contributed by atoms with E-state index in [-0.39, 0.29) is 11.5 Å². The van der Waals surface area contributed by atoms with Crippen molar-refractivity contribution in [2.24, 2.45) is 5.73 Å². The maximum absolute atomic E-state index is 11.8. The number of nitrogens with two attached hydrogens (primary N) is 1. The molecule has 0 bridgehead atoms. The molecule has 1 fully saturated rings. The molecular formula is C11H22N2O2. The molecule has 0 amide bonds. The molecule has 1 saturated heterocycles. The fourth-order valence-electron chi connectivity index (χ4n) is 1.81. The van der Waals surface area contributed by atoms with Crippen molar-refractivity contribution >= 4 is 5.97 Å². The number of rotatable bonds is 2. The number of esters is 1. The van der Waals surface area contributed by atoms with Crippen LogP contribution in [0.5, 0.6) is 0 Å². The van der Waals surface area contributed by atoms with E-state index in [9.17, 15) is 4.79 Å². The van der Waals surface area contributed by atoms with Crippen molar-refractivity contribution in [2.75, 3.05) is 6.54 Å². The molecule has 0 spiro atoms. The zero-order valence-electron chi connectivity index (χ0n) is 10.1. The molecule has 1 unspecified atom stereocenters. The average molecular weight is 214 g/mol. The van der Waals surface area contributed by atoms with Gasteiger partial charge >= 0.3 is 5.97 Å². The standard InChI is InChI=1S/C11H22N2O2/c1-10(2,3)15-9(14)8(12)11(4)6-5-7-13-11/h8,13H,5-7,12H2,1-4H3/t8?,11-/m0/s1. The Balaban J connectivity index is 2.60. The van der Waals surface area contributed by atoms with Crippen molar-refractivity contribution in [1.82, 2.24) is 5.32 Å². The molecule has 0 radical (unpaired) electrons. The smallest absolute Gasteiger partial charge is 0.325 e. The monoisotopic (exact) mass is 214 g/mol. The lowest BCUT2D eigenvalue weighted by molar-refractivity contribution is -0.158. The highest BCUT2D eigenvalue weighted by Gasteiger charge is 2.40. The van der Waals surface area contributed by atoms with Gasteiger partial charge in [-0.05, 0) is 47.1 Å². The summed E-state index contributed by atoms with van der Waals surface area (Å²) in [5.41, 5.74) is 5.16. The van der Waals surface area contributed by atoms with Crippen LogP contribution in [-0.2, 0) is 9.53 Å². The van der Waals surface area contributed by atoms with Crippen molar-refractivity contribution in [2.45, 2.75) is 57.7 Å². The second kappa shape index (κ2) is 4.10. The lowest BCUT2D eigenvalue weighted by atomic mass is 9.91. The summed E-state index contributed by atoms with van der Waals surface area (Å²) >= 11 is 0. The molecule has 0 aromatic rings. The predicted octanol–water partition coefficient (Wildman–Crippen LogP) is 0.797. The summed E-state index contributed by atoms with van der Waals surface area (Å²) in [6.45, 7) is 8.45. The summed E-state index contributed by atoms with van der Waals surface area (Å²) in [4.78, 5) is 11.8. The third-order valence-corrected chi connectivity index (χ3v) is 2.75. The molecule has 2 atom stereocenters. The van der Waals surface area contributed by atoms with E-state index in [2.05, 4.69) is 5.32 Å². The van der Waals surface area contributed by atoms with Crippen LogP contribution < -0.4 is 11.1 Å². The summed E-state index contributed by atoms with van der Waals surface area (Å²) in [6, 6.07) is -0.584. The van der Waals surface area contributed by atoms with E-state index in [1.807, 2.05) is 27.7 Å². The third-order valence-electron chi connectivity index (χ3n) is 2.75. The van der Waals surface area contributed by atoms with Crippen molar-refractivity contribution in [3.63, 3.8) is 0 Å². The van der Waals surface area contributed by atoms with Crippen LogP contribution in [0.2, 0.25) is 0 Å². The molecule has 0 aliphatic carbocycles. The van der Waals surface area contributed by atoms with E-state index in [0.29, 0.717) is 0 Å². The van der Waals surface area contributed by atoms with Crippen LogP contribution in [0.25, 0.3) is 0 Å². The van der Waals surface area contributed by atoms with Gasteiger partial charge in [0.05, 0.1) is 0 Å². The zero-order valence-corrected chi connectivity index (χ0v) is 10.1. The van der Waals surface area contributed by atoms with Gasteiger partial charge in [-0.3, -0.25) is 4.79 Å². The number of carbonyl (C=O) groups excluding carboxylic acids is 1. The molecule has 0 aromatic heterocycles. The van der Waals surface area contributed by atoms with Crippen LogP contribution in [0, 0.1) is 0 Å². The summed E-state index contributed by atoms with van der Waals surface area (Å²) in [5.74, 6) is -0.320. The Morgan fingerprint density at radius 2 is 2.13 bits per heavy atom. The van der Waals surface area contributed by atoms with E-state index in [1.54, 1.807) is 0 Å². The van der Waals surface area contributed by atoms with Gasteiger partial charge in [-0.15, -0.1) is 0 Å². The van der Waals surface area contributed by atoms with Crippen LogP contribution in [0.15, 0.2) is 0 Å². The average Bonchev–Trinajstić information content (AvgIpc) is 2.49. The minimum absolute atomic E-state index is 0.303. The largest absolute Gasteiger partial charge is 0.459 e. The first-order valence-corrected chi connectivity index (χ1v) is 5.48. The maximum Gasteiger partial charge on any atom is 0.325 e. The van der Waals surface area contributed by atoms with Gasteiger partial charge in [-0.2, -0.15) is 0 Å². The number of hydrogen-bond acceptors (Lipinski definition) is 4. The van der Waals surface area contributed by atoms with Crippen molar-refractivity contribution in [1.29, 1.82) is 0 Å². The van der Waals surface area contributed by atoms with Gasteiger partial charge in [0.1, 0.15) is 11.6 Å². The Morgan fingerprint density at radius 3 is 2.53 bits per heavy atom. The van der Waals surface area contributed by atoms with Gasteiger partial charge < -0.3 is 15.8 Å². The molecule has 4 heteroatoms. The SMILES string of the molecule is CC(C)(C)OC(=O)C(N)[C@]1(C)CCCN1. The topological polar surface area (TPSA) is 64.3 Å². The first-order chi connectivity index (χ1) is 6.75. The van der Waals surface area contributed by atoms with Crippen LogP contribution in [0.3, 0.4) is 0 Å². The molecule has 4 nitrogen and oxygen atoms in total. The molecule has 1 heterocycles. The van der Waals surface area contributed by atoms with Crippen molar-refractivity contribution in [3.8, 4) is 0 Å². The van der Waals surface area contributed by atoms with Gasteiger partial charge in [0.25, 0.3) is 0 Å². The second-order valence-corrected chi connectivity index (χ2v) is 5.46. The lowest BCUT2D eigenvalue weighted by Crippen LogP contribution is -2.57. The van der Waals surface area contributed by atoms with Crippen LogP contribution >= 0.6 is 0 Å². The summed E-state index contributed by atoms with van der Waals surface area (Å²) in [6.07, 6.45) is 1.99. The van der Waals surface area contributed by atoms with Gasteiger partial charge in [0.2, 0.25) is 0 Å². The van der Waals surface area contributed by atoms with E-state index in [1.165, 1.54) is 0 Å². The van der Waals surface area contributed by atoms with Gasteiger partial charge in [0.15, 0.2) is 0 Å². The highest BCUT2D eigenvalue weighted by atomic mass is 16.6. The summed E-state index contributed by atoms with van der Waals surface area (Å²) in [5, 5.41) is 3.27. The molecule has 1 aliphatic heterocycles. The molecular weight excluding hydrogens is 192 g/mol. The van der Waals surface area contributed by atoms with Gasteiger partial charge in [-0.25, -0.2) is 0 Å². The Morgan fingerprint density at radius 1 is 1.53 bits per heavy atom. The van der Waals surface area contributed by atoms with Crippen molar-refractivity contribution < 1.29 is 9.53 Å². The zero-order chi connectivity index (χ0) is 11.7. The Labute approximate surface area is 91.5 Å².